The van der Waals surface area contributed by atoms with E-state index in [-0.39, 0.29) is 112 Å². The topological polar surface area (TPSA) is 254 Å². The second-order valence-corrected chi connectivity index (χ2v) is 15.7. The van der Waals surface area contributed by atoms with Crippen LogP contribution in [0.15, 0.2) is 72.8 Å². The number of hydrogen-bond donors (Lipinski definition) is 5. The van der Waals surface area contributed by atoms with E-state index < -0.39 is 53.4 Å². The van der Waals surface area contributed by atoms with Crippen molar-refractivity contribution in [3.05, 3.63) is 83.9 Å². The van der Waals surface area contributed by atoms with Gasteiger partial charge in [0.1, 0.15) is 6.04 Å². The van der Waals surface area contributed by atoms with Crippen LogP contribution in [0.1, 0.15) is 98.6 Å². The highest BCUT2D eigenvalue weighted by Crippen LogP contribution is 2.12. The number of amides is 7. The highest BCUT2D eigenvalue weighted by Gasteiger charge is 2.30. The number of hydrogen-bond acceptors (Lipinski definition) is 13. The van der Waals surface area contributed by atoms with E-state index in [1.807, 2.05) is 6.07 Å². The van der Waals surface area contributed by atoms with E-state index in [0.717, 1.165) is 22.6 Å². The summed E-state index contributed by atoms with van der Waals surface area (Å²) in [6, 6.07) is 14.3. The number of nitrogens with one attached hydrogen (secondary N) is 5. The lowest BCUT2D eigenvalue weighted by atomic mass is 9.98. The van der Waals surface area contributed by atoms with Gasteiger partial charge in [-0.25, -0.2) is 0 Å². The van der Waals surface area contributed by atoms with Crippen molar-refractivity contribution in [2.75, 3.05) is 73.5 Å². The van der Waals surface area contributed by atoms with Gasteiger partial charge in [-0.05, 0) is 43.2 Å². The van der Waals surface area contributed by atoms with Crippen molar-refractivity contribution in [3.8, 4) is 0 Å². The van der Waals surface area contributed by atoms with Gasteiger partial charge >= 0.3 is 0 Å². The molecule has 5 N–H and O–H groups in total. The largest absolute Gasteiger partial charge is 0.382 e. The Morgan fingerprint density at radius 1 is 0.493 bits per heavy atom. The number of imide groups is 1. The summed E-state index contributed by atoms with van der Waals surface area (Å²) in [7, 11) is 3.14. The van der Waals surface area contributed by atoms with Gasteiger partial charge in [0.2, 0.25) is 29.5 Å². The molecule has 71 heavy (non-hydrogen) atoms. The van der Waals surface area contributed by atoms with Crippen molar-refractivity contribution < 1.29 is 62.1 Å². The first-order valence-corrected chi connectivity index (χ1v) is 22.6. The van der Waals surface area contributed by atoms with Crippen molar-refractivity contribution in [2.24, 2.45) is 0 Å². The molecule has 19 nitrogen and oxygen atoms in total. The minimum atomic E-state index is -1.39. The second-order valence-electron chi connectivity index (χ2n) is 15.7. The molecule has 0 radical (unpaired) electrons. The molecule has 0 saturated carbocycles. The molecule has 7 amide bonds. The summed E-state index contributed by atoms with van der Waals surface area (Å²) in [4.78, 5) is 119. The van der Waals surface area contributed by atoms with E-state index in [4.69, 9.17) is 18.9 Å². The van der Waals surface area contributed by atoms with Gasteiger partial charge < -0.3 is 45.5 Å². The molecule has 0 bridgehead atoms. The quantitative estimate of drug-likeness (QED) is 0.0484. The summed E-state index contributed by atoms with van der Waals surface area (Å²) in [6.45, 7) is 3.04. The molecule has 1 aliphatic heterocycles. The van der Waals surface area contributed by atoms with Crippen LogP contribution in [0.4, 0.5) is 0 Å². The maximum Gasteiger partial charge on any atom is 0.253 e. The van der Waals surface area contributed by atoms with Crippen LogP contribution in [0.5, 0.6) is 0 Å². The zero-order chi connectivity index (χ0) is 48.7. The Morgan fingerprint density at radius 2 is 0.915 bits per heavy atom. The van der Waals surface area contributed by atoms with Gasteiger partial charge in [-0.1, -0.05) is 90.4 Å². The number of methoxy groups -OCH3 is 2. The lowest BCUT2D eigenvalue weighted by Gasteiger charge is -2.24. The van der Waals surface area contributed by atoms with Crippen LogP contribution in [-0.4, -0.2) is 149 Å². The van der Waals surface area contributed by atoms with Crippen LogP contribution in [0, 0.1) is 0 Å². The van der Waals surface area contributed by atoms with Crippen molar-refractivity contribution in [2.45, 2.75) is 118 Å². The number of carbonyl (C=O) groups excluding carboxylic acids is 9. The van der Waals surface area contributed by atoms with Crippen molar-refractivity contribution in [1.29, 1.82) is 0 Å². The Morgan fingerprint density at radius 3 is 1.37 bits per heavy atom. The molecule has 1 heterocycles. The summed E-state index contributed by atoms with van der Waals surface area (Å²) >= 11 is 0. The number of ketones is 2. The third-order valence-corrected chi connectivity index (χ3v) is 10.4. The second kappa shape index (κ2) is 39.6. The molecule has 2 aromatic carbocycles. The molecule has 398 valence electrons. The monoisotopic (exact) mass is 999 g/mol. The van der Waals surface area contributed by atoms with Gasteiger partial charge in [-0.2, -0.15) is 0 Å². The standard InChI is InChI=1S/C48H66N6O13.4CH4/c1-64-29-31-66-27-9-24-49-42(57)19-16-40(55)38(33-35-11-5-3-6-12-35)52-44(59)18-15-37(51-45(60)23-26-54-46(61)21-22-47(54)62)48(63)53-39(34-36-13-7-4-8-14-36)41(56)17-20-43(58)50-25-10-28-67-32-30-65-2;;;;/h3-8,11-14,21-22,37-39H,9-10,15-20,23-34H2,1-2H3,(H,49,57)(H,50,58)(H,51,60)(H,52,59)(H,53,63);4*1H4. The van der Waals surface area contributed by atoms with Gasteiger partial charge in [-0.15, -0.1) is 0 Å². The zero-order valence-corrected chi connectivity index (χ0v) is 38.6. The summed E-state index contributed by atoms with van der Waals surface area (Å²) in [5.41, 5.74) is 1.46. The molecule has 0 saturated heterocycles. The Labute approximate surface area is 421 Å². The van der Waals surface area contributed by atoms with E-state index in [9.17, 15) is 43.2 Å². The van der Waals surface area contributed by atoms with E-state index in [0.29, 0.717) is 71.1 Å². The first-order chi connectivity index (χ1) is 32.4. The molecule has 3 atom stereocenters. The maximum absolute atomic E-state index is 14.1. The maximum atomic E-state index is 14.1. The van der Waals surface area contributed by atoms with Crippen molar-refractivity contribution in [3.63, 3.8) is 0 Å². The lowest BCUT2D eigenvalue weighted by Crippen LogP contribution is -2.53. The molecular formula is C52H82N6O13. The van der Waals surface area contributed by atoms with Gasteiger partial charge in [0.05, 0.1) is 38.5 Å². The smallest absolute Gasteiger partial charge is 0.253 e. The highest BCUT2D eigenvalue weighted by atomic mass is 16.5. The molecule has 0 aliphatic carbocycles. The van der Waals surface area contributed by atoms with Gasteiger partial charge in [0.25, 0.3) is 11.8 Å². The number of carbonyl (C=O) groups is 9. The van der Waals surface area contributed by atoms with E-state index in [2.05, 4.69) is 26.6 Å². The summed E-state index contributed by atoms with van der Waals surface area (Å²) < 4.78 is 20.7. The number of ether oxygens (including phenoxy) is 4. The predicted molar refractivity (Wildman–Crippen MR) is 272 cm³/mol. The Balaban J connectivity index is 0. The van der Waals surface area contributed by atoms with Crippen LogP contribution in [0.25, 0.3) is 0 Å². The fourth-order valence-corrected chi connectivity index (χ4v) is 6.70. The number of Topliss-reactive ketones (excluding diaryl/α,β-unsaturated/α-hetero) is 2. The van der Waals surface area contributed by atoms with Gasteiger partial charge in [0.15, 0.2) is 11.6 Å². The van der Waals surface area contributed by atoms with Gasteiger partial charge in [-0.3, -0.25) is 48.1 Å². The summed E-state index contributed by atoms with van der Waals surface area (Å²) in [5.74, 6) is -4.85. The van der Waals surface area contributed by atoms with Crippen LogP contribution in [-0.2, 0) is 74.9 Å². The van der Waals surface area contributed by atoms with Crippen LogP contribution < -0.4 is 26.6 Å². The average molecular weight is 999 g/mol. The normalized spacial score (nSPS) is 12.6. The number of rotatable bonds is 36. The molecule has 3 unspecified atom stereocenters. The molecule has 2 aromatic rings. The van der Waals surface area contributed by atoms with Gasteiger partial charge in [0, 0.05) is 97.7 Å². The Hall–Kier alpha value is -6.15. The van der Waals surface area contributed by atoms with Crippen LogP contribution in [0.2, 0.25) is 0 Å². The minimum absolute atomic E-state index is 0. The molecule has 0 fully saturated rings. The summed E-state index contributed by atoms with van der Waals surface area (Å²) in [6.07, 6.45) is 1.86. The van der Waals surface area contributed by atoms with Crippen LogP contribution >= 0.6 is 0 Å². The molecule has 0 aromatic heterocycles. The molecule has 1 aliphatic rings. The third-order valence-electron chi connectivity index (χ3n) is 10.4. The highest BCUT2D eigenvalue weighted by molar-refractivity contribution is 6.13. The van der Waals surface area contributed by atoms with Crippen molar-refractivity contribution in [1.82, 2.24) is 31.5 Å². The first kappa shape index (κ1) is 66.9. The predicted octanol–water partition coefficient (Wildman–Crippen LogP) is 3.60. The Bertz CT molecular complexity index is 1910. The SMILES string of the molecule is C.C.C.C.COCCOCCCNC(=O)CCC(=O)C(Cc1ccccc1)NC(=O)CCC(NC(=O)CCN1C(=O)C=CC1=O)C(=O)NC(Cc1ccccc1)C(=O)CCC(=O)NCCCOCCOC. The molecular weight excluding hydrogens is 917 g/mol. The van der Waals surface area contributed by atoms with E-state index in [1.165, 1.54) is 0 Å². The van der Waals surface area contributed by atoms with E-state index >= 15 is 0 Å². The summed E-state index contributed by atoms with van der Waals surface area (Å²) in [5, 5.41) is 13.6. The fraction of sp³-hybridized carbons (Fsp3) is 0.558. The van der Waals surface area contributed by atoms with E-state index in [1.54, 1.807) is 68.8 Å². The molecule has 3 rings (SSSR count). The average Bonchev–Trinajstić information content (AvgIpc) is 3.65. The molecule has 0 spiro atoms. The Kier molecular flexibility index (Phi) is 37.3. The molecule has 19 heteroatoms. The fourth-order valence-electron chi connectivity index (χ4n) is 6.70. The number of benzene rings is 2. The minimum Gasteiger partial charge on any atom is -0.382 e. The third kappa shape index (κ3) is 28.3. The number of nitrogens with zero attached hydrogens (tertiary/aromatic N) is 1. The van der Waals surface area contributed by atoms with Crippen molar-refractivity contribution >= 4 is 52.9 Å². The van der Waals surface area contributed by atoms with Crippen LogP contribution in [0.3, 0.4) is 0 Å². The lowest BCUT2D eigenvalue weighted by molar-refractivity contribution is -0.138. The first-order valence-electron chi connectivity index (χ1n) is 22.6. The zero-order valence-electron chi connectivity index (χ0n) is 38.6.